The van der Waals surface area contributed by atoms with Crippen molar-refractivity contribution >= 4 is 23.1 Å². The molecule has 23 heavy (non-hydrogen) atoms. The maximum atomic E-state index is 12.4. The van der Waals surface area contributed by atoms with Gasteiger partial charge in [-0.2, -0.15) is 0 Å². The normalized spacial score (nSPS) is 21.0. The monoisotopic (exact) mass is 335 g/mol. The van der Waals surface area contributed by atoms with Crippen LogP contribution in [0, 0.1) is 0 Å². The third-order valence-electron chi connectivity index (χ3n) is 3.93. The maximum Gasteiger partial charge on any atom is 0.360 e. The Bertz CT molecular complexity index is 645. The fourth-order valence-corrected chi connectivity index (χ4v) is 4.00. The predicted octanol–water partition coefficient (Wildman–Crippen LogP) is 0.687. The molecular weight excluding hydrogens is 318 g/mol. The Morgan fingerprint density at radius 3 is 2.74 bits per heavy atom. The number of aliphatic hydroxyl groups is 1. The van der Waals surface area contributed by atoms with Crippen LogP contribution in [0.4, 0.5) is 0 Å². The molecule has 1 fully saturated rings. The lowest BCUT2D eigenvalue weighted by molar-refractivity contribution is -0.150. The van der Waals surface area contributed by atoms with E-state index in [0.29, 0.717) is 17.7 Å². The van der Waals surface area contributed by atoms with Gasteiger partial charge in [0.25, 0.3) is 0 Å². The highest BCUT2D eigenvalue weighted by Gasteiger charge is 2.51. The second-order valence-corrected chi connectivity index (χ2v) is 7.02. The van der Waals surface area contributed by atoms with Crippen molar-refractivity contribution in [3.63, 3.8) is 0 Å². The summed E-state index contributed by atoms with van der Waals surface area (Å²) in [7, 11) is 0. The first-order valence-corrected chi connectivity index (χ1v) is 8.69. The van der Waals surface area contributed by atoms with Crippen LogP contribution in [-0.2, 0) is 32.1 Å². The lowest BCUT2D eigenvalue weighted by Crippen LogP contribution is -2.49. The van der Waals surface area contributed by atoms with E-state index in [4.69, 9.17) is 9.84 Å². The fourth-order valence-electron chi connectivity index (χ4n) is 2.81. The summed E-state index contributed by atoms with van der Waals surface area (Å²) in [6, 6.07) is 9.12. The highest BCUT2D eigenvalue weighted by Crippen LogP contribution is 2.41. The molecule has 2 atom stereocenters. The molecule has 6 nitrogen and oxygen atoms in total. The Hall–Kier alpha value is -1.83. The number of fused-ring (bicyclic) bond motifs is 1. The number of rotatable bonds is 6. The summed E-state index contributed by atoms with van der Waals surface area (Å²) in [6.07, 6.45) is 0.767. The summed E-state index contributed by atoms with van der Waals surface area (Å²) in [4.78, 5) is 26.0. The summed E-state index contributed by atoms with van der Waals surface area (Å²) in [5.41, 5.74) is 0.943. The molecule has 1 N–H and O–H groups in total. The lowest BCUT2D eigenvalue weighted by Gasteiger charge is -2.34. The number of esters is 1. The van der Waals surface area contributed by atoms with Crippen LogP contribution in [0.2, 0.25) is 0 Å². The van der Waals surface area contributed by atoms with Crippen LogP contribution in [0.25, 0.3) is 0 Å². The van der Waals surface area contributed by atoms with Gasteiger partial charge in [0.05, 0.1) is 12.6 Å². The average molecular weight is 335 g/mol. The molecule has 1 amide bonds. The Balaban J connectivity index is 1.76. The molecule has 0 radical (unpaired) electrons. The molecule has 122 valence electrons. The molecule has 3 rings (SSSR count). The van der Waals surface area contributed by atoms with Crippen molar-refractivity contribution in [2.24, 2.45) is 0 Å². The Morgan fingerprint density at radius 1 is 1.35 bits per heavy atom. The molecule has 1 aromatic rings. The number of β-lactam (4-membered cyclic amide) rings is 1. The summed E-state index contributed by atoms with van der Waals surface area (Å²) in [6.45, 7) is -0.142. The van der Waals surface area contributed by atoms with E-state index in [1.54, 1.807) is 0 Å². The topological polar surface area (TPSA) is 89.9 Å². The van der Waals surface area contributed by atoms with Crippen molar-refractivity contribution in [1.29, 1.82) is 0 Å². The van der Waals surface area contributed by atoms with E-state index in [1.807, 2.05) is 30.3 Å². The van der Waals surface area contributed by atoms with E-state index < -0.39 is 17.1 Å². The molecule has 2 aliphatic heterocycles. The molecule has 2 heterocycles. The maximum absolute atomic E-state index is 12.4. The Labute approximate surface area is 136 Å². The largest absolute Gasteiger partial charge is 0.612 e. The van der Waals surface area contributed by atoms with Crippen molar-refractivity contribution in [1.82, 2.24) is 4.90 Å². The predicted molar refractivity (Wildman–Crippen MR) is 83.2 cm³/mol. The van der Waals surface area contributed by atoms with Crippen LogP contribution in [0.5, 0.6) is 0 Å². The van der Waals surface area contributed by atoms with Crippen molar-refractivity contribution in [2.75, 3.05) is 12.4 Å². The van der Waals surface area contributed by atoms with E-state index >= 15 is 0 Å². The summed E-state index contributed by atoms with van der Waals surface area (Å²) < 4.78 is 17.5. The minimum atomic E-state index is -1.48. The standard InChI is InChI=1S/C16H17NO5S/c18-6-7-23(21)13-8-12-9-14(19)17(12)15(13)16(20)22-10-11-4-2-1-3-5-11/h1-5,12,18H,6-10H2. The van der Waals surface area contributed by atoms with Gasteiger partial charge in [-0.25, -0.2) is 4.79 Å². The van der Waals surface area contributed by atoms with E-state index in [1.165, 1.54) is 4.90 Å². The van der Waals surface area contributed by atoms with Gasteiger partial charge < -0.3 is 14.4 Å². The van der Waals surface area contributed by atoms with Crippen LogP contribution >= 0.6 is 0 Å². The Kier molecular flexibility index (Phi) is 4.70. The summed E-state index contributed by atoms with van der Waals surface area (Å²) >= 11 is -1.48. The first-order valence-electron chi connectivity index (χ1n) is 7.37. The van der Waals surface area contributed by atoms with Gasteiger partial charge in [-0.15, -0.1) is 0 Å². The second kappa shape index (κ2) is 6.74. The number of aliphatic hydroxyl groups excluding tert-OH is 1. The van der Waals surface area contributed by atoms with Crippen LogP contribution < -0.4 is 0 Å². The summed E-state index contributed by atoms with van der Waals surface area (Å²) in [5.74, 6) is -0.733. The van der Waals surface area contributed by atoms with Gasteiger partial charge in [0.1, 0.15) is 12.4 Å². The molecule has 0 aromatic heterocycles. The van der Waals surface area contributed by atoms with Gasteiger partial charge in [0, 0.05) is 12.8 Å². The molecule has 2 aliphatic rings. The SMILES string of the molecule is O=C(OCc1ccccc1)C1=C([S+]([O-])CCO)CC2CC(=O)N12. The number of amides is 1. The second-order valence-electron chi connectivity index (χ2n) is 5.43. The van der Waals surface area contributed by atoms with Crippen LogP contribution in [0.1, 0.15) is 18.4 Å². The third-order valence-corrected chi connectivity index (χ3v) is 5.39. The van der Waals surface area contributed by atoms with Crippen LogP contribution in [-0.4, -0.2) is 44.8 Å². The van der Waals surface area contributed by atoms with Crippen molar-refractivity contribution in [3.05, 3.63) is 46.5 Å². The fraction of sp³-hybridized carbons (Fsp3) is 0.375. The average Bonchev–Trinajstić information content (AvgIpc) is 2.87. The van der Waals surface area contributed by atoms with Gasteiger partial charge in [-0.05, 0) is 16.7 Å². The molecule has 1 aromatic carbocycles. The van der Waals surface area contributed by atoms with Crippen LogP contribution in [0.15, 0.2) is 40.9 Å². The first-order chi connectivity index (χ1) is 11.1. The number of hydrogen-bond donors (Lipinski definition) is 1. The highest BCUT2D eigenvalue weighted by atomic mass is 32.2. The van der Waals surface area contributed by atoms with E-state index in [2.05, 4.69) is 0 Å². The molecule has 0 spiro atoms. The zero-order valence-corrected chi connectivity index (χ0v) is 13.3. The molecule has 1 saturated heterocycles. The smallest absolute Gasteiger partial charge is 0.360 e. The minimum Gasteiger partial charge on any atom is -0.612 e. The number of ether oxygens (including phenoxy) is 1. The summed E-state index contributed by atoms with van der Waals surface area (Å²) in [5, 5.41) is 8.96. The van der Waals surface area contributed by atoms with Gasteiger partial charge in [-0.3, -0.25) is 9.69 Å². The third kappa shape index (κ3) is 3.12. The van der Waals surface area contributed by atoms with Crippen molar-refractivity contribution < 1.29 is 24.0 Å². The molecule has 2 unspecified atom stereocenters. The van der Waals surface area contributed by atoms with Crippen LogP contribution in [0.3, 0.4) is 0 Å². The van der Waals surface area contributed by atoms with Crippen molar-refractivity contribution in [3.8, 4) is 0 Å². The Morgan fingerprint density at radius 2 is 2.09 bits per heavy atom. The number of carbonyl (C=O) groups excluding carboxylic acids is 2. The number of nitrogens with zero attached hydrogens (tertiary/aromatic N) is 1. The molecular formula is C16H17NO5S. The minimum absolute atomic E-state index is 0.0551. The highest BCUT2D eigenvalue weighted by molar-refractivity contribution is 7.95. The molecule has 7 heteroatoms. The molecule has 0 bridgehead atoms. The van der Waals surface area contributed by atoms with E-state index in [9.17, 15) is 14.1 Å². The number of benzene rings is 1. The zero-order chi connectivity index (χ0) is 16.4. The van der Waals surface area contributed by atoms with Gasteiger partial charge in [0.2, 0.25) is 5.91 Å². The van der Waals surface area contributed by atoms with Gasteiger partial charge in [-0.1, -0.05) is 30.3 Å². The van der Waals surface area contributed by atoms with Crippen molar-refractivity contribution in [2.45, 2.75) is 25.5 Å². The zero-order valence-electron chi connectivity index (χ0n) is 12.4. The number of carbonyl (C=O) groups is 2. The van der Waals surface area contributed by atoms with Gasteiger partial charge in [0.15, 0.2) is 10.6 Å². The lowest BCUT2D eigenvalue weighted by atomic mass is 10.0. The first kappa shape index (κ1) is 16.0. The molecule has 0 saturated carbocycles. The van der Waals surface area contributed by atoms with Gasteiger partial charge >= 0.3 is 5.97 Å². The van der Waals surface area contributed by atoms with E-state index in [-0.39, 0.29) is 36.6 Å². The van der Waals surface area contributed by atoms with E-state index in [0.717, 1.165) is 5.56 Å². The quantitative estimate of drug-likeness (QED) is 0.469. The molecule has 0 aliphatic carbocycles. The number of hydrogen-bond acceptors (Lipinski definition) is 5.